The van der Waals surface area contributed by atoms with E-state index in [0.717, 1.165) is 22.8 Å². The van der Waals surface area contributed by atoms with Crippen LogP contribution in [0.15, 0.2) is 55.1 Å². The lowest BCUT2D eigenvalue weighted by Crippen LogP contribution is -1.84. The topological polar surface area (TPSA) is 54.5 Å². The first-order valence-corrected chi connectivity index (χ1v) is 5.30. The maximum absolute atomic E-state index is 4.32. The predicted octanol–water partition coefficient (Wildman–Crippen LogP) is 2.53. The van der Waals surface area contributed by atoms with E-state index in [-0.39, 0.29) is 0 Å². The van der Waals surface area contributed by atoms with E-state index in [9.17, 15) is 0 Å². The highest BCUT2D eigenvalue weighted by molar-refractivity contribution is 5.61. The van der Waals surface area contributed by atoms with Crippen LogP contribution in [0.4, 0.5) is 0 Å². The summed E-state index contributed by atoms with van der Waals surface area (Å²) in [4.78, 5) is 15.9. The van der Waals surface area contributed by atoms with Crippen molar-refractivity contribution in [3.63, 3.8) is 0 Å². The van der Waals surface area contributed by atoms with Gasteiger partial charge in [-0.3, -0.25) is 9.97 Å². The number of hydrogen-bond acceptors (Lipinski definition) is 3. The van der Waals surface area contributed by atoms with Crippen molar-refractivity contribution in [1.29, 1.82) is 0 Å². The van der Waals surface area contributed by atoms with Gasteiger partial charge in [0.2, 0.25) is 0 Å². The summed E-state index contributed by atoms with van der Waals surface area (Å²) in [6, 6.07) is 9.63. The lowest BCUT2D eigenvalue weighted by Gasteiger charge is -1.96. The molecule has 3 heterocycles. The van der Waals surface area contributed by atoms with Gasteiger partial charge in [-0.25, -0.2) is 4.98 Å². The number of pyridine rings is 2. The first-order chi connectivity index (χ1) is 8.43. The third-order valence-electron chi connectivity index (χ3n) is 2.46. The number of aromatic amines is 1. The largest absolute Gasteiger partial charge is 0.337 e. The van der Waals surface area contributed by atoms with E-state index in [1.807, 2.05) is 30.3 Å². The fraction of sp³-hybridized carbons (Fsp3) is 0. The van der Waals surface area contributed by atoms with Gasteiger partial charge < -0.3 is 4.98 Å². The van der Waals surface area contributed by atoms with Gasteiger partial charge in [0.15, 0.2) is 5.82 Å². The van der Waals surface area contributed by atoms with Gasteiger partial charge >= 0.3 is 0 Å². The Hall–Kier alpha value is -2.49. The first-order valence-electron chi connectivity index (χ1n) is 5.30. The van der Waals surface area contributed by atoms with Crippen LogP contribution >= 0.6 is 0 Å². The average Bonchev–Trinajstić information content (AvgIpc) is 2.90. The third kappa shape index (κ3) is 1.92. The minimum absolute atomic E-state index is 0.768. The maximum Gasteiger partial charge on any atom is 0.156 e. The van der Waals surface area contributed by atoms with Crippen LogP contribution in [0.5, 0.6) is 0 Å². The normalized spacial score (nSPS) is 10.4. The molecule has 0 aliphatic carbocycles. The van der Waals surface area contributed by atoms with E-state index >= 15 is 0 Å². The molecule has 0 aliphatic heterocycles. The van der Waals surface area contributed by atoms with Crippen molar-refractivity contribution in [1.82, 2.24) is 19.9 Å². The molecule has 0 amide bonds. The average molecular weight is 222 g/mol. The van der Waals surface area contributed by atoms with Crippen LogP contribution < -0.4 is 0 Å². The zero-order chi connectivity index (χ0) is 11.5. The summed E-state index contributed by atoms with van der Waals surface area (Å²) in [6.07, 6.45) is 7.10. The number of rotatable bonds is 2. The second kappa shape index (κ2) is 4.17. The van der Waals surface area contributed by atoms with Gasteiger partial charge in [-0.2, -0.15) is 0 Å². The Kier molecular flexibility index (Phi) is 2.38. The number of hydrogen-bond donors (Lipinski definition) is 1. The lowest BCUT2D eigenvalue weighted by atomic mass is 10.2. The zero-order valence-electron chi connectivity index (χ0n) is 9.04. The SMILES string of the molecule is c1ccc(-c2ncc(-c3cccnc3)[nH]2)nc1. The smallest absolute Gasteiger partial charge is 0.156 e. The molecule has 0 radical (unpaired) electrons. The Bertz CT molecular complexity index is 548. The molecule has 0 bridgehead atoms. The van der Waals surface area contributed by atoms with Crippen molar-refractivity contribution in [2.24, 2.45) is 0 Å². The van der Waals surface area contributed by atoms with Crippen molar-refractivity contribution in [2.75, 3.05) is 0 Å². The quantitative estimate of drug-likeness (QED) is 0.724. The minimum atomic E-state index is 0.768. The van der Waals surface area contributed by atoms with E-state index in [1.165, 1.54) is 0 Å². The molecular weight excluding hydrogens is 212 g/mol. The maximum atomic E-state index is 4.32. The number of H-pyrrole nitrogens is 1. The van der Waals surface area contributed by atoms with Gasteiger partial charge in [-0.1, -0.05) is 6.07 Å². The highest BCUT2D eigenvalue weighted by Gasteiger charge is 2.05. The molecule has 0 fully saturated rings. The van der Waals surface area contributed by atoms with Crippen molar-refractivity contribution >= 4 is 0 Å². The van der Waals surface area contributed by atoms with Crippen LogP contribution in [0.3, 0.4) is 0 Å². The van der Waals surface area contributed by atoms with E-state index < -0.39 is 0 Å². The summed E-state index contributed by atoms with van der Waals surface area (Å²) in [5, 5.41) is 0. The van der Waals surface area contributed by atoms with E-state index in [2.05, 4.69) is 19.9 Å². The van der Waals surface area contributed by atoms with Crippen LogP contribution in [0.1, 0.15) is 0 Å². The first kappa shape index (κ1) is 9.72. The summed E-state index contributed by atoms with van der Waals surface area (Å²) in [5.74, 6) is 0.768. The molecule has 0 atom stereocenters. The van der Waals surface area contributed by atoms with Crippen LogP contribution in [0.2, 0.25) is 0 Å². The third-order valence-corrected chi connectivity index (χ3v) is 2.46. The molecule has 3 aromatic rings. The van der Waals surface area contributed by atoms with E-state index in [4.69, 9.17) is 0 Å². The standard InChI is InChI=1S/C13H10N4/c1-2-7-15-11(5-1)13-16-9-12(17-13)10-4-3-6-14-8-10/h1-9H,(H,16,17). The Morgan fingerprint density at radius 3 is 2.65 bits per heavy atom. The summed E-state index contributed by atoms with van der Waals surface area (Å²) in [5.41, 5.74) is 2.79. The van der Waals surface area contributed by atoms with Gasteiger partial charge in [0.1, 0.15) is 5.69 Å². The molecule has 0 unspecified atom stereocenters. The van der Waals surface area contributed by atoms with Crippen molar-refractivity contribution in [3.05, 3.63) is 55.1 Å². The van der Waals surface area contributed by atoms with Gasteiger partial charge in [-0.15, -0.1) is 0 Å². The Labute approximate surface area is 98.4 Å². The number of nitrogens with one attached hydrogen (secondary N) is 1. The molecule has 4 heteroatoms. The van der Waals surface area contributed by atoms with Crippen LogP contribution in [0.25, 0.3) is 22.8 Å². The summed E-state index contributed by atoms with van der Waals surface area (Å²) < 4.78 is 0. The lowest BCUT2D eigenvalue weighted by molar-refractivity contribution is 1.22. The zero-order valence-corrected chi connectivity index (χ0v) is 9.04. The molecule has 4 nitrogen and oxygen atoms in total. The number of aromatic nitrogens is 4. The van der Waals surface area contributed by atoms with Crippen molar-refractivity contribution < 1.29 is 0 Å². The summed E-state index contributed by atoms with van der Waals surface area (Å²) in [7, 11) is 0. The minimum Gasteiger partial charge on any atom is -0.337 e. The highest BCUT2D eigenvalue weighted by Crippen LogP contribution is 2.19. The molecule has 1 N–H and O–H groups in total. The van der Waals surface area contributed by atoms with E-state index in [0.29, 0.717) is 0 Å². The van der Waals surface area contributed by atoms with Crippen molar-refractivity contribution in [2.45, 2.75) is 0 Å². The fourth-order valence-electron chi connectivity index (χ4n) is 1.62. The van der Waals surface area contributed by atoms with Gasteiger partial charge in [0.25, 0.3) is 0 Å². The second-order valence-electron chi connectivity index (χ2n) is 3.60. The van der Waals surface area contributed by atoms with Crippen LogP contribution in [-0.2, 0) is 0 Å². The van der Waals surface area contributed by atoms with Gasteiger partial charge in [0.05, 0.1) is 11.9 Å². The fourth-order valence-corrected chi connectivity index (χ4v) is 1.62. The molecule has 0 spiro atoms. The molecule has 3 rings (SSSR count). The molecule has 0 aliphatic rings. The van der Waals surface area contributed by atoms with Crippen LogP contribution in [-0.4, -0.2) is 19.9 Å². The Morgan fingerprint density at radius 1 is 0.882 bits per heavy atom. The monoisotopic (exact) mass is 222 g/mol. The summed E-state index contributed by atoms with van der Waals surface area (Å²) in [6.45, 7) is 0. The molecule has 0 aromatic carbocycles. The predicted molar refractivity (Wildman–Crippen MR) is 65.0 cm³/mol. The number of nitrogens with zero attached hydrogens (tertiary/aromatic N) is 3. The molecule has 0 saturated heterocycles. The molecule has 82 valence electrons. The highest BCUT2D eigenvalue weighted by atomic mass is 14.9. The number of imidazole rings is 1. The van der Waals surface area contributed by atoms with Gasteiger partial charge in [0, 0.05) is 24.2 Å². The molecular formula is C13H10N4. The molecule has 3 aromatic heterocycles. The van der Waals surface area contributed by atoms with Gasteiger partial charge in [-0.05, 0) is 24.3 Å². The second-order valence-corrected chi connectivity index (χ2v) is 3.60. The van der Waals surface area contributed by atoms with E-state index in [1.54, 1.807) is 24.8 Å². The molecule has 0 saturated carbocycles. The summed E-state index contributed by atoms with van der Waals surface area (Å²) >= 11 is 0. The Balaban J connectivity index is 1.99. The molecule has 17 heavy (non-hydrogen) atoms. The Morgan fingerprint density at radius 2 is 1.88 bits per heavy atom. The van der Waals surface area contributed by atoms with Crippen molar-refractivity contribution in [3.8, 4) is 22.8 Å². The van der Waals surface area contributed by atoms with Crippen LogP contribution in [0, 0.1) is 0 Å².